The number of aromatic amines is 1. The normalized spacial score (nSPS) is 14.3. The van der Waals surface area contributed by atoms with Crippen LogP contribution < -0.4 is 10.2 Å². The van der Waals surface area contributed by atoms with Gasteiger partial charge >= 0.3 is 0 Å². The molecule has 0 atom stereocenters. The van der Waals surface area contributed by atoms with Crippen molar-refractivity contribution in [2.75, 3.05) is 23.3 Å². The number of hydrogen-bond acceptors (Lipinski definition) is 3. The van der Waals surface area contributed by atoms with Crippen molar-refractivity contribution in [1.29, 1.82) is 0 Å². The van der Waals surface area contributed by atoms with Gasteiger partial charge in [-0.1, -0.05) is 6.92 Å². The lowest BCUT2D eigenvalue weighted by molar-refractivity contribution is 0.101. The van der Waals surface area contributed by atoms with E-state index < -0.39 is 0 Å². The second kappa shape index (κ2) is 7.77. The molecule has 2 N–H and O–H groups in total. The summed E-state index contributed by atoms with van der Waals surface area (Å²) >= 11 is 0. The standard InChI is InChI=1S/C21H27N3O2/c1-4-18-19(15(3)25)14(2)22-20(18)21(26)23-16-8-10-17(11-9-16)24-12-6-5-7-13-24/h8-11,22H,4-7,12-13H2,1-3H3,(H,23,26). The predicted molar refractivity (Wildman–Crippen MR) is 105 cm³/mol. The number of aryl methyl sites for hydroxylation is 1. The fourth-order valence-corrected chi connectivity index (χ4v) is 3.80. The van der Waals surface area contributed by atoms with Crippen LogP contribution >= 0.6 is 0 Å². The number of aromatic nitrogens is 1. The van der Waals surface area contributed by atoms with Crippen LogP contribution in [0.2, 0.25) is 0 Å². The Labute approximate surface area is 154 Å². The quantitative estimate of drug-likeness (QED) is 0.786. The molecule has 26 heavy (non-hydrogen) atoms. The lowest BCUT2D eigenvalue weighted by Crippen LogP contribution is -2.29. The van der Waals surface area contributed by atoms with Gasteiger partial charge in [-0.3, -0.25) is 9.59 Å². The maximum absolute atomic E-state index is 12.7. The van der Waals surface area contributed by atoms with E-state index in [9.17, 15) is 9.59 Å². The van der Waals surface area contributed by atoms with E-state index in [4.69, 9.17) is 0 Å². The van der Waals surface area contributed by atoms with Crippen molar-refractivity contribution in [2.45, 2.75) is 46.5 Å². The Kier molecular flexibility index (Phi) is 5.45. The topological polar surface area (TPSA) is 65.2 Å². The number of H-pyrrole nitrogens is 1. The highest BCUT2D eigenvalue weighted by atomic mass is 16.2. The molecule has 0 aliphatic carbocycles. The van der Waals surface area contributed by atoms with Gasteiger partial charge < -0.3 is 15.2 Å². The summed E-state index contributed by atoms with van der Waals surface area (Å²) in [5.41, 5.74) is 4.62. The number of rotatable bonds is 5. The summed E-state index contributed by atoms with van der Waals surface area (Å²) in [5, 5.41) is 2.94. The van der Waals surface area contributed by atoms with Crippen LogP contribution in [0.25, 0.3) is 0 Å². The van der Waals surface area contributed by atoms with Crippen molar-refractivity contribution in [3.05, 3.63) is 46.8 Å². The number of anilines is 2. The summed E-state index contributed by atoms with van der Waals surface area (Å²) in [5.74, 6) is -0.219. The van der Waals surface area contributed by atoms with Gasteiger partial charge in [-0.05, 0) is 69.4 Å². The minimum absolute atomic E-state index is 0.0134. The molecule has 2 aromatic rings. The molecule has 1 aromatic heterocycles. The number of carbonyl (C=O) groups excluding carboxylic acids is 2. The molecular formula is C21H27N3O2. The summed E-state index contributed by atoms with van der Waals surface area (Å²) in [6.07, 6.45) is 4.42. The largest absolute Gasteiger partial charge is 0.372 e. The van der Waals surface area contributed by atoms with Gasteiger partial charge in [-0.15, -0.1) is 0 Å². The van der Waals surface area contributed by atoms with E-state index in [1.807, 2.05) is 26.0 Å². The van der Waals surface area contributed by atoms with E-state index >= 15 is 0 Å². The predicted octanol–water partition coefficient (Wildman–Crippen LogP) is 4.33. The second-order valence-electron chi connectivity index (χ2n) is 6.94. The van der Waals surface area contributed by atoms with E-state index in [1.165, 1.54) is 31.9 Å². The van der Waals surface area contributed by atoms with Crippen LogP contribution in [-0.2, 0) is 6.42 Å². The van der Waals surface area contributed by atoms with Crippen molar-refractivity contribution in [3.8, 4) is 0 Å². The molecule has 1 saturated heterocycles. The molecule has 2 heterocycles. The monoisotopic (exact) mass is 353 g/mol. The molecule has 5 nitrogen and oxygen atoms in total. The van der Waals surface area contributed by atoms with Crippen LogP contribution in [0.3, 0.4) is 0 Å². The zero-order valence-corrected chi connectivity index (χ0v) is 15.8. The molecule has 3 rings (SSSR count). The van der Waals surface area contributed by atoms with Crippen LogP contribution in [0, 0.1) is 6.92 Å². The SMILES string of the molecule is CCc1c(C(=O)Nc2ccc(N3CCCCC3)cc2)[nH]c(C)c1C(C)=O. The zero-order chi connectivity index (χ0) is 18.7. The van der Waals surface area contributed by atoms with Gasteiger partial charge in [0.25, 0.3) is 5.91 Å². The van der Waals surface area contributed by atoms with Crippen LogP contribution in [-0.4, -0.2) is 29.8 Å². The Balaban J connectivity index is 1.76. The molecule has 1 aliphatic rings. The molecule has 1 aliphatic heterocycles. The van der Waals surface area contributed by atoms with Crippen molar-refractivity contribution in [2.24, 2.45) is 0 Å². The first-order valence-electron chi connectivity index (χ1n) is 9.40. The number of nitrogens with zero attached hydrogens (tertiary/aromatic N) is 1. The number of carbonyl (C=O) groups is 2. The maximum atomic E-state index is 12.7. The van der Waals surface area contributed by atoms with Crippen LogP contribution in [0.5, 0.6) is 0 Å². The highest BCUT2D eigenvalue weighted by molar-refractivity contribution is 6.07. The highest BCUT2D eigenvalue weighted by Crippen LogP contribution is 2.24. The molecule has 0 radical (unpaired) electrons. The smallest absolute Gasteiger partial charge is 0.272 e. The number of benzene rings is 1. The van der Waals surface area contributed by atoms with Crippen LogP contribution in [0.1, 0.15) is 65.2 Å². The number of Topliss-reactive ketones (excluding diaryl/α,β-unsaturated/α-hetero) is 1. The van der Waals surface area contributed by atoms with Crippen molar-refractivity contribution in [1.82, 2.24) is 4.98 Å². The Hall–Kier alpha value is -2.56. The summed E-state index contributed by atoms with van der Waals surface area (Å²) in [6, 6.07) is 8.00. The molecular weight excluding hydrogens is 326 g/mol. The first kappa shape index (κ1) is 18.2. The second-order valence-corrected chi connectivity index (χ2v) is 6.94. The van der Waals surface area contributed by atoms with Gasteiger partial charge in [0, 0.05) is 35.7 Å². The third-order valence-corrected chi connectivity index (χ3v) is 5.07. The van der Waals surface area contributed by atoms with Gasteiger partial charge in [-0.25, -0.2) is 0 Å². The third-order valence-electron chi connectivity index (χ3n) is 5.07. The minimum atomic E-state index is -0.205. The summed E-state index contributed by atoms with van der Waals surface area (Å²) in [6.45, 7) is 7.53. The Morgan fingerprint density at radius 1 is 1.12 bits per heavy atom. The van der Waals surface area contributed by atoms with Gasteiger partial charge in [0.2, 0.25) is 0 Å². The van der Waals surface area contributed by atoms with Gasteiger partial charge in [0.15, 0.2) is 5.78 Å². The fourth-order valence-electron chi connectivity index (χ4n) is 3.80. The van der Waals surface area contributed by atoms with Gasteiger partial charge in [0.1, 0.15) is 5.69 Å². The lowest BCUT2D eigenvalue weighted by atomic mass is 10.0. The Morgan fingerprint density at radius 3 is 2.35 bits per heavy atom. The number of ketones is 1. The van der Waals surface area contributed by atoms with Crippen LogP contribution in [0.4, 0.5) is 11.4 Å². The highest BCUT2D eigenvalue weighted by Gasteiger charge is 2.21. The number of hydrogen-bond donors (Lipinski definition) is 2. The molecule has 1 aromatic carbocycles. The third kappa shape index (κ3) is 3.66. The van der Waals surface area contributed by atoms with E-state index in [0.29, 0.717) is 17.7 Å². The number of amides is 1. The average molecular weight is 353 g/mol. The van der Waals surface area contributed by atoms with E-state index in [2.05, 4.69) is 27.3 Å². The molecule has 0 spiro atoms. The van der Waals surface area contributed by atoms with E-state index in [-0.39, 0.29) is 11.7 Å². The van der Waals surface area contributed by atoms with Crippen molar-refractivity contribution < 1.29 is 9.59 Å². The molecule has 138 valence electrons. The van der Waals surface area contributed by atoms with Crippen molar-refractivity contribution in [3.63, 3.8) is 0 Å². The lowest BCUT2D eigenvalue weighted by Gasteiger charge is -2.28. The number of nitrogens with one attached hydrogen (secondary N) is 2. The Morgan fingerprint density at radius 2 is 1.77 bits per heavy atom. The summed E-state index contributed by atoms with van der Waals surface area (Å²) < 4.78 is 0. The maximum Gasteiger partial charge on any atom is 0.272 e. The molecule has 1 fully saturated rings. The van der Waals surface area contributed by atoms with Crippen LogP contribution in [0.15, 0.2) is 24.3 Å². The van der Waals surface area contributed by atoms with Gasteiger partial charge in [-0.2, -0.15) is 0 Å². The minimum Gasteiger partial charge on any atom is -0.372 e. The Bertz CT molecular complexity index is 799. The van der Waals surface area contributed by atoms with E-state index in [0.717, 1.165) is 30.0 Å². The first-order valence-corrected chi connectivity index (χ1v) is 9.40. The molecule has 0 bridgehead atoms. The zero-order valence-electron chi connectivity index (χ0n) is 15.8. The molecule has 0 unspecified atom stereocenters. The average Bonchev–Trinajstić information content (AvgIpc) is 3.00. The fraction of sp³-hybridized carbons (Fsp3) is 0.429. The molecule has 5 heteroatoms. The first-order chi connectivity index (χ1) is 12.5. The van der Waals surface area contributed by atoms with Crippen molar-refractivity contribution >= 4 is 23.1 Å². The van der Waals surface area contributed by atoms with Gasteiger partial charge in [0.05, 0.1) is 0 Å². The summed E-state index contributed by atoms with van der Waals surface area (Å²) in [4.78, 5) is 30.1. The number of piperidine rings is 1. The van der Waals surface area contributed by atoms with E-state index in [1.54, 1.807) is 0 Å². The molecule has 1 amide bonds. The molecule has 0 saturated carbocycles. The summed E-state index contributed by atoms with van der Waals surface area (Å²) in [7, 11) is 0.